The molecule has 9 rings (SSSR count). The number of hydrogen-bond donors (Lipinski definition) is 0. The predicted octanol–water partition coefficient (Wildman–Crippen LogP) is 12.0. The lowest BCUT2D eigenvalue weighted by atomic mass is 9.91. The first-order chi connectivity index (χ1) is 26.8. The summed E-state index contributed by atoms with van der Waals surface area (Å²) in [6.45, 7) is 0.643. The molecule has 0 saturated carbocycles. The SMILES string of the molecule is C1=CC2=NC(c3ccc(N(c4ccc(C5=N/C/C=C\C=C/C/C=C\5)cc4)c4ccc(-c5nc6ccccc6n5-c5ccccc5)cc4)cc3)=CCC2C=C1. The standard InChI is InChI=1S/C49H39N5/c1-2-4-13-35-50-44(17-8-3-1)37-21-28-41(29-22-37)53(42-30-23-38(24-31-42)46-34-27-36-14-9-10-18-45(36)51-46)43-32-25-39(26-33-43)49-52-47-19-11-12-20-48(47)54(49)40-15-6-5-7-16-40/h1-2,4-26,28-34,36H,3,27,35H2/b2-1-,13-4-,17-8-,50-44+. The first-order valence-corrected chi connectivity index (χ1v) is 18.6. The van der Waals surface area contributed by atoms with Gasteiger partial charge >= 0.3 is 0 Å². The summed E-state index contributed by atoms with van der Waals surface area (Å²) in [6.07, 6.45) is 25.3. The smallest absolute Gasteiger partial charge is 0.145 e. The van der Waals surface area contributed by atoms with Crippen LogP contribution in [0.5, 0.6) is 0 Å². The number of para-hydroxylation sites is 3. The van der Waals surface area contributed by atoms with Crippen LogP contribution in [0, 0.1) is 5.92 Å². The van der Waals surface area contributed by atoms with Crippen LogP contribution in [0.1, 0.15) is 24.0 Å². The Morgan fingerprint density at radius 1 is 0.593 bits per heavy atom. The van der Waals surface area contributed by atoms with Crippen molar-refractivity contribution in [3.63, 3.8) is 0 Å². The van der Waals surface area contributed by atoms with Crippen LogP contribution in [-0.4, -0.2) is 27.5 Å². The van der Waals surface area contributed by atoms with E-state index in [1.54, 1.807) is 0 Å². The Balaban J connectivity index is 1.09. The summed E-state index contributed by atoms with van der Waals surface area (Å²) < 4.78 is 2.24. The molecule has 0 N–H and O–H groups in total. The fourth-order valence-electron chi connectivity index (χ4n) is 7.27. The Bertz CT molecular complexity index is 2490. The topological polar surface area (TPSA) is 45.8 Å². The zero-order chi connectivity index (χ0) is 36.1. The van der Waals surface area contributed by atoms with Crippen molar-refractivity contribution in [1.82, 2.24) is 9.55 Å². The van der Waals surface area contributed by atoms with E-state index in [9.17, 15) is 0 Å². The first kappa shape index (κ1) is 33.0. The molecule has 0 saturated heterocycles. The Morgan fingerprint density at radius 3 is 2.06 bits per heavy atom. The minimum Gasteiger partial charge on any atom is -0.311 e. The number of aliphatic imine (C=N–C) groups is 2. The molecule has 0 bridgehead atoms. The molecule has 0 amide bonds. The highest BCUT2D eigenvalue weighted by atomic mass is 15.1. The third-order valence-corrected chi connectivity index (χ3v) is 10.0. The van der Waals surface area contributed by atoms with Crippen molar-refractivity contribution in [2.45, 2.75) is 12.8 Å². The van der Waals surface area contributed by atoms with Crippen molar-refractivity contribution < 1.29 is 0 Å². The number of allylic oxidation sites excluding steroid dienone is 10. The molecular weight excluding hydrogens is 659 g/mol. The molecule has 3 aliphatic rings. The maximum Gasteiger partial charge on any atom is 0.145 e. The monoisotopic (exact) mass is 697 g/mol. The van der Waals surface area contributed by atoms with Crippen molar-refractivity contribution in [2.75, 3.05) is 11.4 Å². The van der Waals surface area contributed by atoms with Gasteiger partial charge in [0.1, 0.15) is 5.82 Å². The number of fused-ring (bicyclic) bond motifs is 2. The number of hydrogen-bond acceptors (Lipinski definition) is 4. The van der Waals surface area contributed by atoms with Crippen LogP contribution in [0.15, 0.2) is 204 Å². The molecule has 1 unspecified atom stereocenters. The molecule has 1 atom stereocenters. The number of imidazole rings is 1. The third-order valence-electron chi connectivity index (χ3n) is 10.0. The number of rotatable bonds is 7. The van der Waals surface area contributed by atoms with Gasteiger partial charge in [-0.15, -0.1) is 0 Å². The second kappa shape index (κ2) is 15.0. The highest BCUT2D eigenvalue weighted by Gasteiger charge is 2.20. The van der Waals surface area contributed by atoms with Crippen LogP contribution in [0.4, 0.5) is 17.1 Å². The molecule has 0 fully saturated rings. The maximum absolute atomic E-state index is 5.11. The van der Waals surface area contributed by atoms with Crippen LogP contribution in [0.25, 0.3) is 33.8 Å². The molecule has 0 radical (unpaired) electrons. The van der Waals surface area contributed by atoms with Crippen molar-refractivity contribution >= 4 is 45.2 Å². The molecule has 1 aliphatic carbocycles. The zero-order valence-corrected chi connectivity index (χ0v) is 29.9. The van der Waals surface area contributed by atoms with Gasteiger partial charge in [-0.1, -0.05) is 109 Å². The van der Waals surface area contributed by atoms with Gasteiger partial charge in [0.05, 0.1) is 29.0 Å². The van der Waals surface area contributed by atoms with E-state index in [0.717, 1.165) is 86.3 Å². The first-order valence-electron chi connectivity index (χ1n) is 18.6. The summed E-state index contributed by atoms with van der Waals surface area (Å²) in [5, 5.41) is 0. The normalized spacial score (nSPS) is 19.2. The van der Waals surface area contributed by atoms with E-state index in [1.165, 1.54) is 0 Å². The number of nitrogens with zero attached hydrogens (tertiary/aromatic N) is 5. The summed E-state index contributed by atoms with van der Waals surface area (Å²) in [4.78, 5) is 17.3. The van der Waals surface area contributed by atoms with E-state index in [0.29, 0.717) is 12.5 Å². The molecular formula is C49H39N5. The summed E-state index contributed by atoms with van der Waals surface area (Å²) in [6, 6.07) is 45.0. The molecule has 5 nitrogen and oxygen atoms in total. The van der Waals surface area contributed by atoms with Crippen molar-refractivity contribution in [3.8, 4) is 17.1 Å². The summed E-state index contributed by atoms with van der Waals surface area (Å²) in [5.41, 5.74) is 12.7. The number of anilines is 3. The van der Waals surface area contributed by atoms with Crippen LogP contribution >= 0.6 is 0 Å². The van der Waals surface area contributed by atoms with E-state index >= 15 is 0 Å². The second-order valence-corrected chi connectivity index (χ2v) is 13.5. The van der Waals surface area contributed by atoms with Gasteiger partial charge in [0.2, 0.25) is 0 Å². The van der Waals surface area contributed by atoms with Crippen LogP contribution in [-0.2, 0) is 0 Å². The van der Waals surface area contributed by atoms with Crippen molar-refractivity contribution in [1.29, 1.82) is 0 Å². The Kier molecular flexibility index (Phi) is 9.18. The predicted molar refractivity (Wildman–Crippen MR) is 226 cm³/mol. The van der Waals surface area contributed by atoms with Crippen LogP contribution in [0.3, 0.4) is 0 Å². The average molecular weight is 698 g/mol. The van der Waals surface area contributed by atoms with Gasteiger partial charge in [0.15, 0.2) is 0 Å². The van der Waals surface area contributed by atoms with E-state index in [4.69, 9.17) is 15.0 Å². The summed E-state index contributed by atoms with van der Waals surface area (Å²) >= 11 is 0. The number of aromatic nitrogens is 2. The minimum absolute atomic E-state index is 0.370. The Hall–Kier alpha value is -6.85. The second-order valence-electron chi connectivity index (χ2n) is 13.5. The highest BCUT2D eigenvalue weighted by Crippen LogP contribution is 2.38. The van der Waals surface area contributed by atoms with Gasteiger partial charge in [-0.2, -0.15) is 0 Å². The molecule has 260 valence electrons. The van der Waals surface area contributed by atoms with Gasteiger partial charge in [-0.3, -0.25) is 14.6 Å². The van der Waals surface area contributed by atoms with Crippen LogP contribution < -0.4 is 4.90 Å². The lowest BCUT2D eigenvalue weighted by Gasteiger charge is -2.26. The summed E-state index contributed by atoms with van der Waals surface area (Å²) in [5.74, 6) is 1.28. The molecule has 5 heteroatoms. The van der Waals surface area contributed by atoms with E-state index in [-0.39, 0.29) is 0 Å². The number of benzene rings is 5. The largest absolute Gasteiger partial charge is 0.311 e. The third kappa shape index (κ3) is 6.75. The molecule has 3 heterocycles. The van der Waals surface area contributed by atoms with Gasteiger partial charge in [-0.05, 0) is 109 Å². The average Bonchev–Trinajstić information content (AvgIpc) is 3.64. The zero-order valence-electron chi connectivity index (χ0n) is 29.9. The van der Waals surface area contributed by atoms with Crippen LogP contribution in [0.2, 0.25) is 0 Å². The van der Waals surface area contributed by atoms with Crippen molar-refractivity contribution in [3.05, 3.63) is 205 Å². The minimum atomic E-state index is 0.370. The maximum atomic E-state index is 5.11. The van der Waals surface area contributed by atoms with Crippen molar-refractivity contribution in [2.24, 2.45) is 15.9 Å². The fourth-order valence-corrected chi connectivity index (χ4v) is 7.27. The highest BCUT2D eigenvalue weighted by molar-refractivity contribution is 6.09. The molecule has 5 aromatic carbocycles. The molecule has 1 aromatic heterocycles. The van der Waals surface area contributed by atoms with Gasteiger partial charge in [0.25, 0.3) is 0 Å². The van der Waals surface area contributed by atoms with E-state index in [1.807, 2.05) is 12.1 Å². The fraction of sp³-hybridized carbons (Fsp3) is 0.0816. The van der Waals surface area contributed by atoms with Gasteiger partial charge < -0.3 is 4.90 Å². The lowest BCUT2D eigenvalue weighted by molar-refractivity contribution is 0.866. The lowest BCUT2D eigenvalue weighted by Crippen LogP contribution is -2.14. The summed E-state index contributed by atoms with van der Waals surface area (Å²) in [7, 11) is 0. The quantitative estimate of drug-likeness (QED) is 0.167. The van der Waals surface area contributed by atoms with E-state index < -0.39 is 0 Å². The molecule has 2 aliphatic heterocycles. The molecule has 6 aromatic rings. The molecule has 54 heavy (non-hydrogen) atoms. The Morgan fingerprint density at radius 2 is 1.28 bits per heavy atom. The van der Waals surface area contributed by atoms with Gasteiger partial charge in [-0.25, -0.2) is 4.98 Å². The van der Waals surface area contributed by atoms with Gasteiger partial charge in [0, 0.05) is 39.9 Å². The molecule has 0 spiro atoms. The Labute approximate surface area is 316 Å². The van der Waals surface area contributed by atoms with E-state index in [2.05, 4.69) is 192 Å².